The highest BCUT2D eigenvalue weighted by atomic mass is 16.5. The molecule has 4 N–H and O–H groups in total. The normalized spacial score (nSPS) is 12.6. The summed E-state index contributed by atoms with van der Waals surface area (Å²) in [5, 5.41) is 11.9. The van der Waals surface area contributed by atoms with E-state index < -0.39 is 12.0 Å². The maximum Gasteiger partial charge on any atom is 0.326 e. The summed E-state index contributed by atoms with van der Waals surface area (Å²) in [7, 11) is 0. The molecule has 0 heterocycles. The Morgan fingerprint density at radius 1 is 0.519 bits per heavy atom. The summed E-state index contributed by atoms with van der Waals surface area (Å²) < 4.78 is 6.03. The zero-order valence-corrected chi connectivity index (χ0v) is 35.8. The number of carboxylic acids is 1. The van der Waals surface area contributed by atoms with Crippen molar-refractivity contribution in [1.82, 2.24) is 5.32 Å². The standard InChI is InChI=1S/C47H90N2O5/c1-3-5-7-9-11-12-13-14-15-16-17-18-19-20-21-22-23-24-26-31-35-41-46(51)54-43(37-32-28-25-10-8-6-4-2)38-33-29-27-30-34-40-45(50)49-44(47(52)53)39-36-42-48/h16-17,43-44H,3-15,18-42,48H2,1-2H3,(H,49,50)(H,52,53)/b17-16-. The van der Waals surface area contributed by atoms with Crippen molar-refractivity contribution in [3.05, 3.63) is 12.2 Å². The molecule has 0 aromatic carbocycles. The Balaban J connectivity index is 4.04. The zero-order valence-electron chi connectivity index (χ0n) is 35.8. The van der Waals surface area contributed by atoms with Crippen molar-refractivity contribution in [2.45, 2.75) is 264 Å². The van der Waals surface area contributed by atoms with Gasteiger partial charge in [0.05, 0.1) is 0 Å². The summed E-state index contributed by atoms with van der Waals surface area (Å²) in [6, 6.07) is -0.853. The fourth-order valence-electron chi connectivity index (χ4n) is 7.27. The SMILES string of the molecule is CCCCCCCCCC/C=C\CCCCCCCCCCCC(=O)OC(CCCCCCCCC)CCCCCCCC(=O)NC(CCCN)C(=O)O. The van der Waals surface area contributed by atoms with Crippen LogP contribution in [-0.2, 0) is 19.1 Å². The highest BCUT2D eigenvalue weighted by molar-refractivity contribution is 5.83. The Bertz CT molecular complexity index is 863. The van der Waals surface area contributed by atoms with Gasteiger partial charge in [0.15, 0.2) is 0 Å². The first-order valence-electron chi connectivity index (χ1n) is 23.5. The molecular formula is C47H90N2O5. The second-order valence-electron chi connectivity index (χ2n) is 16.2. The van der Waals surface area contributed by atoms with Crippen molar-refractivity contribution < 1.29 is 24.2 Å². The van der Waals surface area contributed by atoms with E-state index in [0.29, 0.717) is 32.2 Å². The molecule has 0 saturated heterocycles. The van der Waals surface area contributed by atoms with Crippen LogP contribution < -0.4 is 11.1 Å². The number of aliphatic carboxylic acids is 1. The third-order valence-electron chi connectivity index (χ3n) is 10.8. The van der Waals surface area contributed by atoms with Crippen LogP contribution in [0.3, 0.4) is 0 Å². The van der Waals surface area contributed by atoms with Crippen molar-refractivity contribution >= 4 is 17.8 Å². The smallest absolute Gasteiger partial charge is 0.326 e. The van der Waals surface area contributed by atoms with Crippen molar-refractivity contribution in [3.63, 3.8) is 0 Å². The summed E-state index contributed by atoms with van der Waals surface area (Å²) >= 11 is 0. The van der Waals surface area contributed by atoms with Crippen LogP contribution in [0.1, 0.15) is 251 Å². The van der Waals surface area contributed by atoms with Crippen LogP contribution in [0.5, 0.6) is 0 Å². The van der Waals surface area contributed by atoms with Crippen LogP contribution in [-0.4, -0.2) is 41.6 Å². The van der Waals surface area contributed by atoms with Crippen molar-refractivity contribution in [3.8, 4) is 0 Å². The Labute approximate surface area is 334 Å². The van der Waals surface area contributed by atoms with Crippen LogP contribution in [0.25, 0.3) is 0 Å². The van der Waals surface area contributed by atoms with Crippen LogP contribution in [0.2, 0.25) is 0 Å². The Morgan fingerprint density at radius 3 is 1.33 bits per heavy atom. The predicted octanol–water partition coefficient (Wildman–Crippen LogP) is 13.5. The van der Waals surface area contributed by atoms with Gasteiger partial charge in [-0.3, -0.25) is 9.59 Å². The molecular weight excluding hydrogens is 673 g/mol. The molecule has 0 aromatic rings. The van der Waals surface area contributed by atoms with Gasteiger partial charge in [0.2, 0.25) is 5.91 Å². The topological polar surface area (TPSA) is 119 Å². The van der Waals surface area contributed by atoms with E-state index in [2.05, 4.69) is 31.3 Å². The predicted molar refractivity (Wildman–Crippen MR) is 230 cm³/mol. The number of carboxylic acid groups (broad SMARTS) is 1. The number of unbranched alkanes of at least 4 members (excludes halogenated alkanes) is 27. The lowest BCUT2D eigenvalue weighted by atomic mass is 10.0. The molecule has 2 unspecified atom stereocenters. The first-order chi connectivity index (χ1) is 26.4. The first kappa shape index (κ1) is 52.1. The first-order valence-corrected chi connectivity index (χ1v) is 23.5. The number of esters is 1. The van der Waals surface area contributed by atoms with Gasteiger partial charge in [-0.25, -0.2) is 4.79 Å². The number of carbonyl (C=O) groups is 3. The van der Waals surface area contributed by atoms with E-state index in [1.165, 1.54) is 148 Å². The summed E-state index contributed by atoms with van der Waals surface area (Å²) in [5.41, 5.74) is 5.48. The van der Waals surface area contributed by atoms with Crippen LogP contribution in [0, 0.1) is 0 Å². The third-order valence-corrected chi connectivity index (χ3v) is 10.8. The number of hydrogen-bond acceptors (Lipinski definition) is 5. The number of hydrogen-bond donors (Lipinski definition) is 3. The highest BCUT2D eigenvalue weighted by Gasteiger charge is 2.19. The summed E-state index contributed by atoms with van der Waals surface area (Å²) in [4.78, 5) is 36.3. The van der Waals surface area contributed by atoms with E-state index in [1.54, 1.807) is 0 Å². The second kappa shape index (κ2) is 42.3. The lowest BCUT2D eigenvalue weighted by Gasteiger charge is -2.18. The number of carbonyl (C=O) groups excluding carboxylic acids is 2. The molecule has 0 aliphatic rings. The number of nitrogens with two attached hydrogens (primary N) is 1. The average molecular weight is 763 g/mol. The molecule has 54 heavy (non-hydrogen) atoms. The number of nitrogens with one attached hydrogen (secondary N) is 1. The maximum absolute atomic E-state index is 12.8. The molecule has 7 nitrogen and oxygen atoms in total. The quantitative estimate of drug-likeness (QED) is 0.0323. The third kappa shape index (κ3) is 38.4. The van der Waals surface area contributed by atoms with E-state index in [0.717, 1.165) is 64.2 Å². The monoisotopic (exact) mass is 763 g/mol. The van der Waals surface area contributed by atoms with Crippen LogP contribution in [0.4, 0.5) is 0 Å². The van der Waals surface area contributed by atoms with Gasteiger partial charge >= 0.3 is 11.9 Å². The number of amides is 1. The lowest BCUT2D eigenvalue weighted by molar-refractivity contribution is -0.150. The minimum absolute atomic E-state index is 0.0192. The molecule has 0 rings (SSSR count). The van der Waals surface area contributed by atoms with Gasteiger partial charge in [0, 0.05) is 12.8 Å². The van der Waals surface area contributed by atoms with Gasteiger partial charge in [-0.1, -0.05) is 174 Å². The number of allylic oxidation sites excluding steroid dienone is 2. The van der Waals surface area contributed by atoms with Crippen molar-refractivity contribution in [1.29, 1.82) is 0 Å². The van der Waals surface area contributed by atoms with E-state index in [9.17, 15) is 19.5 Å². The largest absolute Gasteiger partial charge is 0.480 e. The summed E-state index contributed by atoms with van der Waals surface area (Å²) in [6.07, 6.45) is 47.0. The van der Waals surface area contributed by atoms with E-state index in [4.69, 9.17) is 10.5 Å². The molecule has 0 fully saturated rings. The minimum Gasteiger partial charge on any atom is -0.480 e. The fourth-order valence-corrected chi connectivity index (χ4v) is 7.27. The second-order valence-corrected chi connectivity index (χ2v) is 16.2. The molecule has 0 saturated carbocycles. The van der Waals surface area contributed by atoms with Gasteiger partial charge in [-0.2, -0.15) is 0 Å². The van der Waals surface area contributed by atoms with Crippen molar-refractivity contribution in [2.75, 3.05) is 6.54 Å². The molecule has 0 radical (unpaired) electrons. The lowest BCUT2D eigenvalue weighted by Crippen LogP contribution is -2.40. The van der Waals surface area contributed by atoms with Crippen LogP contribution >= 0.6 is 0 Å². The summed E-state index contributed by atoms with van der Waals surface area (Å²) in [6.45, 7) is 4.95. The molecule has 0 bridgehead atoms. The van der Waals surface area contributed by atoms with Gasteiger partial charge in [-0.15, -0.1) is 0 Å². The highest BCUT2D eigenvalue weighted by Crippen LogP contribution is 2.19. The van der Waals surface area contributed by atoms with E-state index in [-0.39, 0.29) is 18.0 Å². The molecule has 0 aromatic heterocycles. The Morgan fingerprint density at radius 2 is 0.907 bits per heavy atom. The Hall–Kier alpha value is -1.89. The van der Waals surface area contributed by atoms with Gasteiger partial charge in [0.25, 0.3) is 0 Å². The molecule has 1 amide bonds. The van der Waals surface area contributed by atoms with Crippen molar-refractivity contribution in [2.24, 2.45) is 5.73 Å². The average Bonchev–Trinajstić information content (AvgIpc) is 3.16. The summed E-state index contributed by atoms with van der Waals surface area (Å²) in [5.74, 6) is -1.22. The molecule has 0 aliphatic heterocycles. The Kier molecular flexibility index (Phi) is 40.8. The van der Waals surface area contributed by atoms with Gasteiger partial charge in [0.1, 0.15) is 12.1 Å². The fraction of sp³-hybridized carbons (Fsp3) is 0.894. The molecule has 0 spiro atoms. The van der Waals surface area contributed by atoms with Gasteiger partial charge in [-0.05, 0) is 83.6 Å². The van der Waals surface area contributed by atoms with Gasteiger partial charge < -0.3 is 20.9 Å². The molecule has 0 aliphatic carbocycles. The minimum atomic E-state index is -1.00. The molecule has 2 atom stereocenters. The molecule has 318 valence electrons. The maximum atomic E-state index is 12.8. The zero-order chi connectivity index (χ0) is 39.6. The molecule has 7 heteroatoms. The van der Waals surface area contributed by atoms with E-state index >= 15 is 0 Å². The number of rotatable bonds is 43. The number of ether oxygens (including phenoxy) is 1. The van der Waals surface area contributed by atoms with Crippen LogP contribution in [0.15, 0.2) is 12.2 Å². The van der Waals surface area contributed by atoms with E-state index in [1.807, 2.05) is 0 Å².